The lowest BCUT2D eigenvalue weighted by molar-refractivity contribution is 0.103. The van der Waals surface area contributed by atoms with Crippen molar-refractivity contribution in [3.8, 4) is 0 Å². The van der Waals surface area contributed by atoms with E-state index in [4.69, 9.17) is 5.10 Å². The highest BCUT2D eigenvalue weighted by atomic mass is 16.1. The number of hydrogen-bond acceptors (Lipinski definition) is 2. The largest absolute Gasteiger partial charge is 0.287 e. The second-order valence-corrected chi connectivity index (χ2v) is 8.36. The van der Waals surface area contributed by atoms with E-state index in [9.17, 15) is 4.79 Å². The van der Waals surface area contributed by atoms with Gasteiger partial charge in [-0.3, -0.25) is 9.48 Å². The molecule has 1 fully saturated rings. The first kappa shape index (κ1) is 18.1. The smallest absolute Gasteiger partial charge is 0.214 e. The molecule has 0 aliphatic heterocycles. The number of nitrogens with zero attached hydrogens (tertiary/aromatic N) is 2. The average molecular weight is 383 g/mol. The fraction of sp³-hybridized carbons (Fsp3) is 0.308. The van der Waals surface area contributed by atoms with Gasteiger partial charge in [0.15, 0.2) is 0 Å². The highest BCUT2D eigenvalue weighted by Gasteiger charge is 2.22. The van der Waals surface area contributed by atoms with Crippen LogP contribution in [0.3, 0.4) is 0 Å². The summed E-state index contributed by atoms with van der Waals surface area (Å²) in [5.41, 5.74) is 3.56. The molecule has 0 amide bonds. The van der Waals surface area contributed by atoms with Crippen LogP contribution in [0.5, 0.6) is 0 Å². The Morgan fingerprint density at radius 1 is 0.897 bits per heavy atom. The molecule has 0 N–H and O–H groups in total. The summed E-state index contributed by atoms with van der Waals surface area (Å²) >= 11 is 0. The molecule has 1 heterocycles. The monoisotopic (exact) mass is 382 g/mol. The fourth-order valence-electron chi connectivity index (χ4n) is 4.82. The normalized spacial score (nSPS) is 15.2. The number of rotatable bonds is 4. The summed E-state index contributed by atoms with van der Waals surface area (Å²) in [6.07, 6.45) is 6.50. The topological polar surface area (TPSA) is 34.9 Å². The number of aromatic nitrogens is 2. The Labute approximate surface area is 171 Å². The van der Waals surface area contributed by atoms with E-state index in [0.717, 1.165) is 33.8 Å². The SMILES string of the molecule is Cc1ccc(C(=O)c2nn(CC3CCCCC3)c3ccccc23)c2ccccc12. The van der Waals surface area contributed by atoms with Crippen LogP contribution < -0.4 is 0 Å². The van der Waals surface area contributed by atoms with Crippen molar-refractivity contribution in [2.24, 2.45) is 5.92 Å². The molecule has 0 saturated heterocycles. The Hall–Kier alpha value is -2.94. The van der Waals surface area contributed by atoms with E-state index in [1.165, 1.54) is 37.7 Å². The van der Waals surface area contributed by atoms with Gasteiger partial charge in [0.1, 0.15) is 5.69 Å². The van der Waals surface area contributed by atoms with Crippen LogP contribution >= 0.6 is 0 Å². The Bertz CT molecular complexity index is 1200. The maximum Gasteiger partial charge on any atom is 0.214 e. The maximum atomic E-state index is 13.6. The zero-order chi connectivity index (χ0) is 19.8. The van der Waals surface area contributed by atoms with E-state index in [-0.39, 0.29) is 5.78 Å². The third kappa shape index (κ3) is 3.25. The van der Waals surface area contributed by atoms with Gasteiger partial charge in [-0.05, 0) is 48.1 Å². The van der Waals surface area contributed by atoms with Gasteiger partial charge >= 0.3 is 0 Å². The molecule has 3 heteroatoms. The van der Waals surface area contributed by atoms with Gasteiger partial charge in [-0.2, -0.15) is 5.10 Å². The lowest BCUT2D eigenvalue weighted by atomic mass is 9.89. The molecule has 0 atom stereocenters. The molecule has 4 aromatic rings. The summed E-state index contributed by atoms with van der Waals surface area (Å²) in [6, 6.07) is 20.3. The molecule has 0 spiro atoms. The lowest BCUT2D eigenvalue weighted by Gasteiger charge is -2.21. The van der Waals surface area contributed by atoms with Gasteiger partial charge in [-0.15, -0.1) is 0 Å². The van der Waals surface area contributed by atoms with Crippen molar-refractivity contribution >= 4 is 27.5 Å². The van der Waals surface area contributed by atoms with E-state index in [1.54, 1.807) is 0 Å². The third-order valence-electron chi connectivity index (χ3n) is 6.42. The lowest BCUT2D eigenvalue weighted by Crippen LogP contribution is -2.15. The molecule has 3 nitrogen and oxygen atoms in total. The van der Waals surface area contributed by atoms with Crippen LogP contribution in [-0.2, 0) is 6.54 Å². The van der Waals surface area contributed by atoms with E-state index >= 15 is 0 Å². The van der Waals surface area contributed by atoms with Gasteiger partial charge in [0.05, 0.1) is 5.52 Å². The first-order valence-electron chi connectivity index (χ1n) is 10.7. The number of aryl methyl sites for hydroxylation is 1. The predicted octanol–water partition coefficient (Wildman–Crippen LogP) is 6.31. The van der Waals surface area contributed by atoms with Gasteiger partial charge in [-0.1, -0.05) is 73.9 Å². The maximum absolute atomic E-state index is 13.6. The first-order chi connectivity index (χ1) is 14.2. The highest BCUT2D eigenvalue weighted by molar-refractivity contribution is 6.20. The van der Waals surface area contributed by atoms with Crippen LogP contribution in [0.25, 0.3) is 21.7 Å². The molecular formula is C26H26N2O. The van der Waals surface area contributed by atoms with E-state index in [2.05, 4.69) is 23.7 Å². The Morgan fingerprint density at radius 3 is 2.38 bits per heavy atom. The van der Waals surface area contributed by atoms with Gasteiger partial charge < -0.3 is 0 Å². The molecular weight excluding hydrogens is 356 g/mol. The number of carbonyl (C=O) groups is 1. The Kier molecular flexibility index (Phi) is 4.67. The number of fused-ring (bicyclic) bond motifs is 2. The summed E-state index contributed by atoms with van der Waals surface area (Å²) in [5, 5.41) is 7.94. The summed E-state index contributed by atoms with van der Waals surface area (Å²) < 4.78 is 2.08. The number of hydrogen-bond donors (Lipinski definition) is 0. The van der Waals surface area contributed by atoms with E-state index in [0.29, 0.717) is 11.6 Å². The second kappa shape index (κ2) is 7.47. The predicted molar refractivity (Wildman–Crippen MR) is 118 cm³/mol. The van der Waals surface area contributed by atoms with Crippen LogP contribution in [0.4, 0.5) is 0 Å². The molecule has 1 saturated carbocycles. The fourth-order valence-corrected chi connectivity index (χ4v) is 4.82. The summed E-state index contributed by atoms with van der Waals surface area (Å²) in [4.78, 5) is 13.6. The summed E-state index contributed by atoms with van der Waals surface area (Å²) in [5.74, 6) is 0.676. The van der Waals surface area contributed by atoms with Gasteiger partial charge in [0, 0.05) is 17.5 Å². The summed E-state index contributed by atoms with van der Waals surface area (Å²) in [6.45, 7) is 2.99. The van der Waals surface area contributed by atoms with Crippen molar-refractivity contribution in [3.63, 3.8) is 0 Å². The van der Waals surface area contributed by atoms with Crippen LogP contribution in [0.2, 0.25) is 0 Å². The Balaban J connectivity index is 1.60. The minimum Gasteiger partial charge on any atom is -0.287 e. The number of para-hydroxylation sites is 1. The van der Waals surface area contributed by atoms with Crippen LogP contribution in [-0.4, -0.2) is 15.6 Å². The van der Waals surface area contributed by atoms with Gasteiger partial charge in [-0.25, -0.2) is 0 Å². The third-order valence-corrected chi connectivity index (χ3v) is 6.42. The van der Waals surface area contributed by atoms with Gasteiger partial charge in [0.2, 0.25) is 5.78 Å². The number of carbonyl (C=O) groups excluding carboxylic acids is 1. The minimum absolute atomic E-state index is 0.0137. The van der Waals surface area contributed by atoms with Crippen molar-refractivity contribution in [1.82, 2.24) is 9.78 Å². The molecule has 1 aromatic heterocycles. The molecule has 0 bridgehead atoms. The zero-order valence-corrected chi connectivity index (χ0v) is 16.9. The van der Waals surface area contributed by atoms with Crippen LogP contribution in [0.15, 0.2) is 60.7 Å². The van der Waals surface area contributed by atoms with Crippen LogP contribution in [0.1, 0.15) is 53.7 Å². The van der Waals surface area contributed by atoms with Gasteiger partial charge in [0.25, 0.3) is 0 Å². The molecule has 1 aliphatic rings. The quantitative estimate of drug-likeness (QED) is 0.388. The minimum atomic E-state index is 0.0137. The standard InChI is InChI=1S/C26H26N2O/c1-18-15-16-22(21-12-6-5-11-20(18)21)26(29)25-23-13-7-8-14-24(23)28(27-25)17-19-9-3-2-4-10-19/h5-8,11-16,19H,2-4,9-10,17H2,1H3. The number of ketones is 1. The van der Waals surface area contributed by atoms with E-state index < -0.39 is 0 Å². The molecule has 5 rings (SSSR count). The van der Waals surface area contributed by atoms with Crippen molar-refractivity contribution in [2.45, 2.75) is 45.6 Å². The molecule has 3 aromatic carbocycles. The molecule has 0 unspecified atom stereocenters. The summed E-state index contributed by atoms with van der Waals surface area (Å²) in [7, 11) is 0. The zero-order valence-electron chi connectivity index (χ0n) is 16.9. The van der Waals surface area contributed by atoms with Crippen molar-refractivity contribution in [2.75, 3.05) is 0 Å². The molecule has 1 aliphatic carbocycles. The van der Waals surface area contributed by atoms with E-state index in [1.807, 2.05) is 48.5 Å². The Morgan fingerprint density at radius 2 is 1.59 bits per heavy atom. The number of benzene rings is 3. The molecule has 29 heavy (non-hydrogen) atoms. The molecule has 146 valence electrons. The highest BCUT2D eigenvalue weighted by Crippen LogP contribution is 2.29. The second-order valence-electron chi connectivity index (χ2n) is 8.36. The average Bonchev–Trinajstić information content (AvgIpc) is 3.13. The van der Waals surface area contributed by atoms with Crippen molar-refractivity contribution in [1.29, 1.82) is 0 Å². The van der Waals surface area contributed by atoms with Crippen molar-refractivity contribution < 1.29 is 4.79 Å². The molecule has 0 radical (unpaired) electrons. The van der Waals surface area contributed by atoms with Crippen molar-refractivity contribution in [3.05, 3.63) is 77.5 Å². The van der Waals surface area contributed by atoms with Crippen LogP contribution in [0, 0.1) is 12.8 Å². The first-order valence-corrected chi connectivity index (χ1v) is 10.7.